The van der Waals surface area contributed by atoms with Crippen molar-refractivity contribution in [1.29, 1.82) is 0 Å². The Labute approximate surface area is 207 Å². The Kier molecular flexibility index (Phi) is 8.01. The number of benzene rings is 1. The summed E-state index contributed by atoms with van der Waals surface area (Å²) in [7, 11) is 0. The van der Waals surface area contributed by atoms with Crippen LogP contribution in [0.4, 0.5) is 18.9 Å². The predicted molar refractivity (Wildman–Crippen MR) is 130 cm³/mol. The van der Waals surface area contributed by atoms with Gasteiger partial charge in [0, 0.05) is 23.4 Å². The Morgan fingerprint density at radius 2 is 1.94 bits per heavy atom. The molecule has 0 atom stereocenters. The van der Waals surface area contributed by atoms with Crippen LogP contribution in [0.25, 0.3) is 21.8 Å². The number of nitrogens with zero attached hydrogens (tertiary/aromatic N) is 3. The second-order valence-electron chi connectivity index (χ2n) is 7.45. The van der Waals surface area contributed by atoms with Crippen molar-refractivity contribution >= 4 is 52.2 Å². The Morgan fingerprint density at radius 1 is 1.15 bits per heavy atom. The van der Waals surface area contributed by atoms with Crippen molar-refractivity contribution in [2.24, 2.45) is 0 Å². The van der Waals surface area contributed by atoms with Crippen molar-refractivity contribution in [3.8, 4) is 21.8 Å². The molecule has 1 aromatic carbocycles. The maximum Gasteiger partial charge on any atom is 0.389 e. The number of anilines is 1. The van der Waals surface area contributed by atoms with Crippen molar-refractivity contribution in [2.75, 3.05) is 23.6 Å². The average molecular weight is 534 g/mol. The second kappa shape index (κ2) is 10.8. The molecule has 0 saturated carbocycles. The van der Waals surface area contributed by atoms with Gasteiger partial charge in [-0.3, -0.25) is 0 Å². The standard InChI is InChI=1S/C21H20Cl2F3N5S2/c22-16-13(2-1-3-14(16)31-32-11-7-21(24,25)26)17-18(15-6-10-28-20(23)29-15)33-19(30-17)12-4-8-27-9-5-12/h1-3,6,10,12,27,31H,4-5,7-9,11H2. The summed E-state index contributed by atoms with van der Waals surface area (Å²) in [5.74, 6) is 0.213. The fourth-order valence-electron chi connectivity index (χ4n) is 3.49. The van der Waals surface area contributed by atoms with Crippen molar-refractivity contribution in [3.05, 3.63) is 45.8 Å². The Bertz CT molecular complexity index is 1100. The van der Waals surface area contributed by atoms with Crippen LogP contribution in [0.5, 0.6) is 0 Å². The third-order valence-electron chi connectivity index (χ3n) is 5.11. The zero-order valence-electron chi connectivity index (χ0n) is 17.3. The van der Waals surface area contributed by atoms with Gasteiger partial charge in [-0.1, -0.05) is 35.7 Å². The minimum Gasteiger partial charge on any atom is -0.328 e. The van der Waals surface area contributed by atoms with Crippen LogP contribution in [0.2, 0.25) is 10.3 Å². The molecule has 0 spiro atoms. The molecule has 3 heterocycles. The number of nitrogens with one attached hydrogen (secondary N) is 2. The molecule has 12 heteroatoms. The highest BCUT2D eigenvalue weighted by atomic mass is 35.5. The highest BCUT2D eigenvalue weighted by molar-refractivity contribution is 8.00. The number of aromatic nitrogens is 3. The van der Waals surface area contributed by atoms with E-state index in [0.717, 1.165) is 47.8 Å². The van der Waals surface area contributed by atoms with Gasteiger partial charge >= 0.3 is 6.18 Å². The highest BCUT2D eigenvalue weighted by Gasteiger charge is 2.27. The third kappa shape index (κ3) is 6.30. The van der Waals surface area contributed by atoms with E-state index >= 15 is 0 Å². The monoisotopic (exact) mass is 533 g/mol. The van der Waals surface area contributed by atoms with Gasteiger partial charge < -0.3 is 10.0 Å². The SMILES string of the molecule is FC(F)(F)CCSNc1cccc(-c2nc(C3CCNCC3)sc2-c2ccnc(Cl)n2)c1Cl. The molecule has 0 aliphatic carbocycles. The molecule has 1 fully saturated rings. The van der Waals surface area contributed by atoms with Gasteiger partial charge in [-0.2, -0.15) is 13.2 Å². The van der Waals surface area contributed by atoms with Gasteiger partial charge in [-0.15, -0.1) is 11.3 Å². The summed E-state index contributed by atoms with van der Waals surface area (Å²) < 4.78 is 40.3. The van der Waals surface area contributed by atoms with E-state index in [9.17, 15) is 13.2 Å². The lowest BCUT2D eigenvalue weighted by Gasteiger charge is -2.20. The van der Waals surface area contributed by atoms with Gasteiger partial charge in [0.05, 0.1) is 38.4 Å². The lowest BCUT2D eigenvalue weighted by molar-refractivity contribution is -0.129. The van der Waals surface area contributed by atoms with Gasteiger partial charge in [0.2, 0.25) is 5.28 Å². The summed E-state index contributed by atoms with van der Waals surface area (Å²) in [6.45, 7) is 1.87. The van der Waals surface area contributed by atoms with E-state index in [-0.39, 0.29) is 11.0 Å². The molecular formula is C21H20Cl2F3N5S2. The van der Waals surface area contributed by atoms with Crippen molar-refractivity contribution < 1.29 is 13.2 Å². The molecule has 0 unspecified atom stereocenters. The largest absolute Gasteiger partial charge is 0.389 e. The molecule has 1 aliphatic rings. The highest BCUT2D eigenvalue weighted by Crippen LogP contribution is 2.44. The molecule has 0 bridgehead atoms. The number of piperidine rings is 1. The Balaban J connectivity index is 1.67. The smallest absolute Gasteiger partial charge is 0.328 e. The summed E-state index contributed by atoms with van der Waals surface area (Å²) >= 11 is 15.3. The molecule has 2 N–H and O–H groups in total. The minimum absolute atomic E-state index is 0.120. The molecular weight excluding hydrogens is 514 g/mol. The molecule has 0 radical (unpaired) electrons. The first-order valence-electron chi connectivity index (χ1n) is 10.3. The van der Waals surface area contributed by atoms with Crippen LogP contribution in [-0.4, -0.2) is 40.0 Å². The van der Waals surface area contributed by atoms with Crippen LogP contribution >= 0.6 is 46.5 Å². The minimum atomic E-state index is -4.19. The summed E-state index contributed by atoms with van der Waals surface area (Å²) in [6.07, 6.45) is -1.51. The van der Waals surface area contributed by atoms with E-state index in [0.29, 0.717) is 33.6 Å². The van der Waals surface area contributed by atoms with Crippen LogP contribution in [0.3, 0.4) is 0 Å². The third-order valence-corrected chi connectivity index (χ3v) is 7.72. The Hall–Kier alpha value is -1.59. The van der Waals surface area contributed by atoms with Gasteiger partial charge in [-0.05, 0) is 49.7 Å². The Morgan fingerprint density at radius 3 is 2.67 bits per heavy atom. The fourth-order valence-corrected chi connectivity index (χ4v) is 5.93. The first kappa shape index (κ1) is 24.5. The molecule has 5 nitrogen and oxygen atoms in total. The number of thiazole rings is 1. The topological polar surface area (TPSA) is 62.7 Å². The first-order valence-corrected chi connectivity index (χ1v) is 12.8. The van der Waals surface area contributed by atoms with Gasteiger partial charge in [0.1, 0.15) is 0 Å². The predicted octanol–water partition coefficient (Wildman–Crippen LogP) is 7.05. The molecule has 4 rings (SSSR count). The molecule has 0 amide bonds. The van der Waals surface area contributed by atoms with Gasteiger partial charge in [0.25, 0.3) is 0 Å². The van der Waals surface area contributed by atoms with Gasteiger partial charge in [-0.25, -0.2) is 15.0 Å². The van der Waals surface area contributed by atoms with Crippen molar-refractivity contribution in [1.82, 2.24) is 20.3 Å². The van der Waals surface area contributed by atoms with E-state index in [2.05, 4.69) is 20.0 Å². The molecule has 2 aromatic heterocycles. The van der Waals surface area contributed by atoms with E-state index < -0.39 is 12.6 Å². The van der Waals surface area contributed by atoms with Crippen LogP contribution in [0, 0.1) is 0 Å². The van der Waals surface area contributed by atoms with E-state index in [4.69, 9.17) is 28.2 Å². The van der Waals surface area contributed by atoms with Crippen LogP contribution in [0.15, 0.2) is 30.5 Å². The summed E-state index contributed by atoms with van der Waals surface area (Å²) in [4.78, 5) is 14.1. The molecule has 1 saturated heterocycles. The molecule has 3 aromatic rings. The van der Waals surface area contributed by atoms with Crippen LogP contribution < -0.4 is 10.0 Å². The van der Waals surface area contributed by atoms with Crippen LogP contribution in [0.1, 0.15) is 30.2 Å². The van der Waals surface area contributed by atoms with E-state index in [1.54, 1.807) is 35.7 Å². The molecule has 176 valence electrons. The number of alkyl halides is 3. The fraction of sp³-hybridized carbons (Fsp3) is 0.381. The van der Waals surface area contributed by atoms with E-state index in [1.807, 2.05) is 6.07 Å². The zero-order valence-corrected chi connectivity index (χ0v) is 20.4. The van der Waals surface area contributed by atoms with Gasteiger partial charge in [0.15, 0.2) is 0 Å². The molecule has 33 heavy (non-hydrogen) atoms. The first-order chi connectivity index (χ1) is 15.8. The summed E-state index contributed by atoms with van der Waals surface area (Å²) in [6, 6.07) is 7.15. The number of rotatable bonds is 7. The zero-order chi connectivity index (χ0) is 23.4. The quantitative estimate of drug-likeness (QED) is 0.192. The molecule has 1 aliphatic heterocycles. The number of hydrogen-bond donors (Lipinski definition) is 2. The normalized spacial score (nSPS) is 15.1. The summed E-state index contributed by atoms with van der Waals surface area (Å²) in [5.41, 5.74) is 2.54. The van der Waals surface area contributed by atoms with Crippen LogP contribution in [-0.2, 0) is 0 Å². The maximum atomic E-state index is 12.4. The van der Waals surface area contributed by atoms with Crippen molar-refractivity contribution in [2.45, 2.75) is 31.4 Å². The maximum absolute atomic E-state index is 12.4. The van der Waals surface area contributed by atoms with Crippen molar-refractivity contribution in [3.63, 3.8) is 0 Å². The lowest BCUT2D eigenvalue weighted by Crippen LogP contribution is -2.26. The summed E-state index contributed by atoms with van der Waals surface area (Å²) in [5, 5.41) is 4.89. The second-order valence-corrected chi connectivity index (χ2v) is 10.1. The van der Waals surface area contributed by atoms with E-state index in [1.165, 1.54) is 0 Å². The lowest BCUT2D eigenvalue weighted by atomic mass is 9.99. The number of hydrogen-bond acceptors (Lipinski definition) is 7. The number of halogens is 5. The average Bonchev–Trinajstić information content (AvgIpc) is 3.23.